The van der Waals surface area contributed by atoms with Gasteiger partial charge in [-0.3, -0.25) is 0 Å². The van der Waals surface area contributed by atoms with Crippen molar-refractivity contribution < 1.29 is 9.53 Å². The number of carbonyl (C=O) groups is 1. The Hall–Kier alpha value is -1.99. The second-order valence-corrected chi connectivity index (χ2v) is 5.33. The molecule has 1 aromatic carbocycles. The highest BCUT2D eigenvalue weighted by Crippen LogP contribution is 2.20. The van der Waals surface area contributed by atoms with E-state index in [0.29, 0.717) is 12.6 Å². The molecule has 0 radical (unpaired) electrons. The molecule has 0 saturated heterocycles. The minimum atomic E-state index is -0.338. The molecule has 112 valence electrons. The molecule has 0 atom stereocenters. The van der Waals surface area contributed by atoms with Crippen LogP contribution in [-0.2, 0) is 11.3 Å². The number of terminal acetylenes is 1. The van der Waals surface area contributed by atoms with E-state index in [1.165, 1.54) is 0 Å². The van der Waals surface area contributed by atoms with E-state index in [4.69, 9.17) is 11.2 Å². The van der Waals surface area contributed by atoms with E-state index >= 15 is 0 Å². The third-order valence-corrected chi connectivity index (χ3v) is 3.60. The molecule has 2 N–H and O–H groups in total. The van der Waals surface area contributed by atoms with Gasteiger partial charge in [0, 0.05) is 18.5 Å². The maximum atomic E-state index is 11.6. The largest absolute Gasteiger partial charge is 0.445 e. The van der Waals surface area contributed by atoms with Crippen LogP contribution in [0.4, 0.5) is 4.79 Å². The Morgan fingerprint density at radius 2 is 2.05 bits per heavy atom. The molecule has 1 fully saturated rings. The zero-order chi connectivity index (χ0) is 14.9. The minimum absolute atomic E-state index is 0.221. The molecule has 1 aromatic rings. The maximum Gasteiger partial charge on any atom is 0.407 e. The summed E-state index contributed by atoms with van der Waals surface area (Å²) in [5.74, 6) is 2.63. The minimum Gasteiger partial charge on any atom is -0.445 e. The van der Waals surface area contributed by atoms with Crippen molar-refractivity contribution in [2.75, 3.05) is 6.54 Å². The van der Waals surface area contributed by atoms with Crippen LogP contribution < -0.4 is 10.6 Å². The van der Waals surface area contributed by atoms with Crippen molar-refractivity contribution in [2.24, 2.45) is 0 Å². The second kappa shape index (κ2) is 8.33. The van der Waals surface area contributed by atoms with Gasteiger partial charge in [0.25, 0.3) is 0 Å². The van der Waals surface area contributed by atoms with Crippen molar-refractivity contribution in [3.05, 3.63) is 35.9 Å². The molecule has 0 unspecified atom stereocenters. The summed E-state index contributed by atoms with van der Waals surface area (Å²) in [6, 6.07) is 10.4. The quantitative estimate of drug-likeness (QED) is 0.598. The lowest BCUT2D eigenvalue weighted by molar-refractivity contribution is 0.125. The Labute approximate surface area is 126 Å². The van der Waals surface area contributed by atoms with Gasteiger partial charge in [-0.05, 0) is 31.4 Å². The predicted octanol–water partition coefficient (Wildman–Crippen LogP) is 2.45. The maximum absolute atomic E-state index is 11.6. The monoisotopic (exact) mass is 286 g/mol. The van der Waals surface area contributed by atoms with E-state index in [0.717, 1.165) is 37.8 Å². The Kier molecular flexibility index (Phi) is 6.11. The van der Waals surface area contributed by atoms with Gasteiger partial charge >= 0.3 is 6.09 Å². The molecule has 1 amide bonds. The third kappa shape index (κ3) is 5.49. The Morgan fingerprint density at radius 1 is 1.29 bits per heavy atom. The van der Waals surface area contributed by atoms with Crippen molar-refractivity contribution in [3.63, 3.8) is 0 Å². The molecule has 0 spiro atoms. The summed E-state index contributed by atoms with van der Waals surface area (Å²) >= 11 is 0. The highest BCUT2D eigenvalue weighted by atomic mass is 16.5. The first kappa shape index (κ1) is 15.4. The lowest BCUT2D eigenvalue weighted by atomic mass is 9.87. The SMILES string of the molecule is C#CCCCNC1CC(NC(=O)OCc2ccccc2)C1. The summed E-state index contributed by atoms with van der Waals surface area (Å²) in [7, 11) is 0. The van der Waals surface area contributed by atoms with E-state index in [1.807, 2.05) is 30.3 Å². The number of hydrogen-bond donors (Lipinski definition) is 2. The first-order valence-electron chi connectivity index (χ1n) is 7.42. The van der Waals surface area contributed by atoms with Gasteiger partial charge in [0.1, 0.15) is 6.61 Å². The van der Waals surface area contributed by atoms with Crippen LogP contribution >= 0.6 is 0 Å². The van der Waals surface area contributed by atoms with Gasteiger partial charge < -0.3 is 15.4 Å². The number of amides is 1. The molecule has 1 aliphatic rings. The lowest BCUT2D eigenvalue weighted by Crippen LogP contribution is -2.52. The molecule has 2 rings (SSSR count). The summed E-state index contributed by atoms with van der Waals surface area (Å²) in [6.45, 7) is 1.26. The van der Waals surface area contributed by atoms with Crippen LogP contribution in [0.15, 0.2) is 30.3 Å². The normalized spacial score (nSPS) is 20.1. The van der Waals surface area contributed by atoms with Gasteiger partial charge in [0.05, 0.1) is 0 Å². The van der Waals surface area contributed by atoms with Gasteiger partial charge in [0.2, 0.25) is 0 Å². The average molecular weight is 286 g/mol. The van der Waals surface area contributed by atoms with Crippen molar-refractivity contribution >= 4 is 6.09 Å². The van der Waals surface area contributed by atoms with Crippen molar-refractivity contribution in [1.82, 2.24) is 10.6 Å². The summed E-state index contributed by atoms with van der Waals surface area (Å²) in [4.78, 5) is 11.6. The average Bonchev–Trinajstić information content (AvgIpc) is 2.47. The van der Waals surface area contributed by atoms with E-state index in [1.54, 1.807) is 0 Å². The number of unbranched alkanes of at least 4 members (excludes halogenated alkanes) is 1. The summed E-state index contributed by atoms with van der Waals surface area (Å²) in [5.41, 5.74) is 0.995. The van der Waals surface area contributed by atoms with E-state index in [-0.39, 0.29) is 12.1 Å². The van der Waals surface area contributed by atoms with Gasteiger partial charge in [-0.25, -0.2) is 4.79 Å². The molecule has 4 nitrogen and oxygen atoms in total. The lowest BCUT2D eigenvalue weighted by Gasteiger charge is -2.36. The first-order valence-corrected chi connectivity index (χ1v) is 7.42. The zero-order valence-electron chi connectivity index (χ0n) is 12.2. The number of nitrogens with one attached hydrogen (secondary N) is 2. The highest BCUT2D eigenvalue weighted by molar-refractivity contribution is 5.67. The van der Waals surface area contributed by atoms with Crippen LogP contribution in [0.2, 0.25) is 0 Å². The molecule has 0 bridgehead atoms. The van der Waals surface area contributed by atoms with Gasteiger partial charge in [-0.2, -0.15) is 0 Å². The summed E-state index contributed by atoms with van der Waals surface area (Å²) in [5, 5.41) is 6.31. The molecule has 1 saturated carbocycles. The third-order valence-electron chi connectivity index (χ3n) is 3.60. The highest BCUT2D eigenvalue weighted by Gasteiger charge is 2.29. The van der Waals surface area contributed by atoms with E-state index in [2.05, 4.69) is 16.6 Å². The number of carbonyl (C=O) groups excluding carboxylic acids is 1. The van der Waals surface area contributed by atoms with Crippen LogP contribution in [0, 0.1) is 12.3 Å². The van der Waals surface area contributed by atoms with Gasteiger partial charge in [-0.1, -0.05) is 30.3 Å². The number of hydrogen-bond acceptors (Lipinski definition) is 3. The molecular formula is C17H22N2O2. The number of alkyl carbamates (subject to hydrolysis) is 1. The fraction of sp³-hybridized carbons (Fsp3) is 0.471. The molecule has 1 aliphatic carbocycles. The fourth-order valence-corrected chi connectivity index (χ4v) is 2.33. The molecule has 4 heteroatoms. The standard InChI is InChI=1S/C17H22N2O2/c1-2-3-7-10-18-15-11-16(12-15)19-17(20)21-13-14-8-5-4-6-9-14/h1,4-6,8-9,15-16,18H,3,7,10-13H2,(H,19,20). The Bertz CT molecular complexity index is 475. The smallest absolute Gasteiger partial charge is 0.407 e. The van der Waals surface area contributed by atoms with E-state index < -0.39 is 0 Å². The molecule has 0 aromatic heterocycles. The summed E-state index contributed by atoms with van der Waals surface area (Å²) in [6.07, 6.45) is 8.59. The zero-order valence-corrected chi connectivity index (χ0v) is 12.2. The van der Waals surface area contributed by atoms with Crippen LogP contribution in [-0.4, -0.2) is 24.7 Å². The Balaban J connectivity index is 1.53. The van der Waals surface area contributed by atoms with Gasteiger partial charge in [0.15, 0.2) is 0 Å². The molecular weight excluding hydrogens is 264 g/mol. The number of ether oxygens (including phenoxy) is 1. The predicted molar refractivity (Wildman–Crippen MR) is 82.6 cm³/mol. The Morgan fingerprint density at radius 3 is 2.76 bits per heavy atom. The topological polar surface area (TPSA) is 50.4 Å². The van der Waals surface area contributed by atoms with Crippen LogP contribution in [0.25, 0.3) is 0 Å². The van der Waals surface area contributed by atoms with Crippen LogP contribution in [0.3, 0.4) is 0 Å². The van der Waals surface area contributed by atoms with Crippen LogP contribution in [0.1, 0.15) is 31.2 Å². The molecule has 21 heavy (non-hydrogen) atoms. The van der Waals surface area contributed by atoms with Crippen molar-refractivity contribution in [3.8, 4) is 12.3 Å². The molecule has 0 aliphatic heterocycles. The van der Waals surface area contributed by atoms with Crippen LogP contribution in [0.5, 0.6) is 0 Å². The van der Waals surface area contributed by atoms with Crippen molar-refractivity contribution in [2.45, 2.75) is 44.4 Å². The number of rotatable bonds is 7. The molecule has 0 heterocycles. The van der Waals surface area contributed by atoms with Crippen molar-refractivity contribution in [1.29, 1.82) is 0 Å². The first-order chi connectivity index (χ1) is 10.3. The number of benzene rings is 1. The second-order valence-electron chi connectivity index (χ2n) is 5.33. The fourth-order valence-electron chi connectivity index (χ4n) is 2.33. The van der Waals surface area contributed by atoms with Gasteiger partial charge in [-0.15, -0.1) is 12.3 Å². The summed E-state index contributed by atoms with van der Waals surface area (Å²) < 4.78 is 5.19. The van der Waals surface area contributed by atoms with E-state index in [9.17, 15) is 4.79 Å².